The molecule has 0 aliphatic heterocycles. The van der Waals surface area contributed by atoms with Crippen molar-refractivity contribution in [3.8, 4) is 27.9 Å². The Morgan fingerprint density at radius 2 is 1.02 bits per heavy atom. The third-order valence-electron chi connectivity index (χ3n) is 11.9. The van der Waals surface area contributed by atoms with E-state index in [0.29, 0.717) is 0 Å². The van der Waals surface area contributed by atoms with Gasteiger partial charge in [-0.1, -0.05) is 141 Å². The summed E-state index contributed by atoms with van der Waals surface area (Å²) in [5.74, 6) is 0. The van der Waals surface area contributed by atoms with Crippen LogP contribution < -0.4 is 4.90 Å². The van der Waals surface area contributed by atoms with Crippen LogP contribution in [0.4, 0.5) is 17.1 Å². The molecule has 0 saturated carbocycles. The molecule has 1 aliphatic rings. The van der Waals surface area contributed by atoms with E-state index >= 15 is 0 Å². The van der Waals surface area contributed by atoms with Gasteiger partial charge in [0.25, 0.3) is 0 Å². The smallest absolute Gasteiger partial charge is 0.0547 e. The van der Waals surface area contributed by atoms with Crippen LogP contribution in [0, 0.1) is 0 Å². The van der Waals surface area contributed by atoms with Gasteiger partial charge in [0.1, 0.15) is 0 Å². The van der Waals surface area contributed by atoms with E-state index in [4.69, 9.17) is 0 Å². The van der Waals surface area contributed by atoms with E-state index in [1.165, 1.54) is 82.4 Å². The number of aromatic nitrogens is 1. The highest BCUT2D eigenvalue weighted by molar-refractivity contribution is 6.22. The topological polar surface area (TPSA) is 8.17 Å². The molecule has 0 saturated heterocycles. The average molecular weight is 703 g/mol. The molecule has 2 nitrogen and oxygen atoms in total. The molecule has 0 amide bonds. The Morgan fingerprint density at radius 1 is 0.400 bits per heavy atom. The third-order valence-corrected chi connectivity index (χ3v) is 11.9. The number of hydrogen-bond acceptors (Lipinski definition) is 1. The second kappa shape index (κ2) is 12.1. The maximum Gasteiger partial charge on any atom is 0.0547 e. The van der Waals surface area contributed by atoms with E-state index in [1.807, 2.05) is 0 Å². The van der Waals surface area contributed by atoms with Crippen LogP contribution in [0.25, 0.3) is 71.3 Å². The van der Waals surface area contributed by atoms with Crippen LogP contribution in [-0.4, -0.2) is 4.57 Å². The Hall–Kier alpha value is -6.90. The number of fused-ring (bicyclic) bond motifs is 9. The Bertz CT molecular complexity index is 3110. The highest BCUT2D eigenvalue weighted by atomic mass is 15.1. The molecule has 10 aromatic rings. The molecule has 1 aromatic heterocycles. The van der Waals surface area contributed by atoms with Crippen LogP contribution in [0.2, 0.25) is 0 Å². The summed E-state index contributed by atoms with van der Waals surface area (Å²) in [6.07, 6.45) is 0. The lowest BCUT2D eigenvalue weighted by Gasteiger charge is -2.28. The maximum atomic E-state index is 2.42. The summed E-state index contributed by atoms with van der Waals surface area (Å²) in [5, 5.41) is 7.55. The van der Waals surface area contributed by atoms with Gasteiger partial charge >= 0.3 is 0 Å². The first-order valence-electron chi connectivity index (χ1n) is 19.2. The third kappa shape index (κ3) is 4.88. The molecule has 1 heterocycles. The van der Waals surface area contributed by atoms with Crippen LogP contribution in [0.5, 0.6) is 0 Å². The second-order valence-electron chi connectivity index (χ2n) is 15.4. The first kappa shape index (κ1) is 31.6. The molecular formula is C53H38N2. The molecule has 0 bridgehead atoms. The number of para-hydroxylation sites is 1. The largest absolute Gasteiger partial charge is 0.310 e. The predicted molar refractivity (Wildman–Crippen MR) is 233 cm³/mol. The van der Waals surface area contributed by atoms with Gasteiger partial charge in [0, 0.05) is 38.9 Å². The van der Waals surface area contributed by atoms with Crippen molar-refractivity contribution < 1.29 is 0 Å². The summed E-state index contributed by atoms with van der Waals surface area (Å²) in [4.78, 5) is 2.42. The van der Waals surface area contributed by atoms with E-state index < -0.39 is 0 Å². The average Bonchev–Trinajstić information content (AvgIpc) is 3.69. The quantitative estimate of drug-likeness (QED) is 0.173. The number of rotatable bonds is 5. The van der Waals surface area contributed by atoms with Gasteiger partial charge in [-0.05, 0) is 122 Å². The van der Waals surface area contributed by atoms with Crippen molar-refractivity contribution in [3.05, 3.63) is 205 Å². The van der Waals surface area contributed by atoms with Gasteiger partial charge in [0.15, 0.2) is 0 Å². The molecule has 0 N–H and O–H groups in total. The van der Waals surface area contributed by atoms with Crippen LogP contribution in [-0.2, 0) is 5.41 Å². The minimum atomic E-state index is -0.0888. The van der Waals surface area contributed by atoms with Gasteiger partial charge in [-0.3, -0.25) is 0 Å². The lowest BCUT2D eigenvalue weighted by atomic mass is 9.82. The van der Waals surface area contributed by atoms with Gasteiger partial charge < -0.3 is 9.47 Å². The first-order valence-corrected chi connectivity index (χ1v) is 19.2. The predicted octanol–water partition coefficient (Wildman–Crippen LogP) is 14.5. The Labute approximate surface area is 321 Å². The lowest BCUT2D eigenvalue weighted by molar-refractivity contribution is 0.660. The number of hydrogen-bond donors (Lipinski definition) is 0. The zero-order valence-corrected chi connectivity index (χ0v) is 30.9. The van der Waals surface area contributed by atoms with Gasteiger partial charge in [-0.25, -0.2) is 0 Å². The molecule has 0 atom stereocenters. The van der Waals surface area contributed by atoms with Crippen molar-refractivity contribution in [1.29, 1.82) is 0 Å². The molecule has 0 spiro atoms. The van der Waals surface area contributed by atoms with Crippen LogP contribution >= 0.6 is 0 Å². The minimum absolute atomic E-state index is 0.0888. The Kier molecular flexibility index (Phi) is 6.93. The number of anilines is 3. The fraction of sp³-hybridized carbons (Fsp3) is 0.0566. The molecular weight excluding hydrogens is 665 g/mol. The van der Waals surface area contributed by atoms with E-state index in [2.05, 4.69) is 217 Å². The molecule has 0 fully saturated rings. The monoisotopic (exact) mass is 702 g/mol. The lowest BCUT2D eigenvalue weighted by Crippen LogP contribution is -2.16. The zero-order valence-electron chi connectivity index (χ0n) is 30.9. The van der Waals surface area contributed by atoms with E-state index in [9.17, 15) is 0 Å². The molecule has 1 aliphatic carbocycles. The van der Waals surface area contributed by atoms with Crippen molar-refractivity contribution in [2.45, 2.75) is 19.3 Å². The van der Waals surface area contributed by atoms with Crippen molar-refractivity contribution in [1.82, 2.24) is 4.57 Å². The SMILES string of the molecule is CC1(C)c2ccccc2-c2ccc(N(c3ccc(-c4ccc5c(c4)c4c6ccccc6ccc4n5-c4ccccc4)cc3)c3ccc4ccccc4c3)cc21. The summed E-state index contributed by atoms with van der Waals surface area (Å²) in [7, 11) is 0. The summed E-state index contributed by atoms with van der Waals surface area (Å²) in [6.45, 7) is 4.71. The summed E-state index contributed by atoms with van der Waals surface area (Å²) in [5.41, 5.74) is 14.8. The fourth-order valence-electron chi connectivity index (χ4n) is 9.22. The van der Waals surface area contributed by atoms with Crippen molar-refractivity contribution >= 4 is 60.4 Å². The van der Waals surface area contributed by atoms with Crippen LogP contribution in [0.15, 0.2) is 194 Å². The van der Waals surface area contributed by atoms with Crippen molar-refractivity contribution in [2.75, 3.05) is 4.90 Å². The normalized spacial score (nSPS) is 13.1. The summed E-state index contributed by atoms with van der Waals surface area (Å²) >= 11 is 0. The number of nitrogens with zero attached hydrogens (tertiary/aromatic N) is 2. The molecule has 260 valence electrons. The van der Waals surface area contributed by atoms with Crippen LogP contribution in [0.1, 0.15) is 25.0 Å². The fourth-order valence-corrected chi connectivity index (χ4v) is 9.22. The Morgan fingerprint density at radius 3 is 1.87 bits per heavy atom. The molecule has 9 aromatic carbocycles. The molecule has 0 radical (unpaired) electrons. The van der Waals surface area contributed by atoms with Crippen molar-refractivity contribution in [2.24, 2.45) is 0 Å². The standard InChI is InChI=1S/C53H38N2/c1-53(2)48-19-11-10-18-45(48)46-29-28-43(34-49(46)53)54(42-27-22-35-12-6-7-14-38(35)32-42)41-25-20-36(21-26-41)39-24-30-50-47(33-39)52-44-17-9-8-13-37(44)23-31-51(52)55(50)40-15-4-3-5-16-40/h3-34H,1-2H3. The maximum absolute atomic E-state index is 2.42. The van der Waals surface area contributed by atoms with E-state index in [0.717, 1.165) is 17.1 Å². The van der Waals surface area contributed by atoms with Gasteiger partial charge in [-0.15, -0.1) is 0 Å². The number of benzene rings is 9. The van der Waals surface area contributed by atoms with Gasteiger partial charge in [-0.2, -0.15) is 0 Å². The molecule has 2 heteroatoms. The van der Waals surface area contributed by atoms with Gasteiger partial charge in [0.2, 0.25) is 0 Å². The van der Waals surface area contributed by atoms with Crippen molar-refractivity contribution in [3.63, 3.8) is 0 Å². The van der Waals surface area contributed by atoms with E-state index in [-0.39, 0.29) is 5.41 Å². The highest BCUT2D eigenvalue weighted by Crippen LogP contribution is 2.51. The summed E-state index contributed by atoms with van der Waals surface area (Å²) in [6, 6.07) is 71.4. The van der Waals surface area contributed by atoms with Gasteiger partial charge in [0.05, 0.1) is 11.0 Å². The molecule has 0 unspecified atom stereocenters. The highest BCUT2D eigenvalue weighted by Gasteiger charge is 2.35. The van der Waals surface area contributed by atoms with Crippen LogP contribution in [0.3, 0.4) is 0 Å². The minimum Gasteiger partial charge on any atom is -0.310 e. The zero-order chi connectivity index (χ0) is 36.7. The molecule has 11 rings (SSSR count). The summed E-state index contributed by atoms with van der Waals surface area (Å²) < 4.78 is 2.40. The van der Waals surface area contributed by atoms with E-state index in [1.54, 1.807) is 0 Å². The molecule has 55 heavy (non-hydrogen) atoms. The second-order valence-corrected chi connectivity index (χ2v) is 15.4. The first-order chi connectivity index (χ1) is 27.0. The Balaban J connectivity index is 1.06.